The minimum Gasteiger partial charge on any atom is -0.370 e. The lowest BCUT2D eigenvalue weighted by molar-refractivity contribution is 0.301. The second kappa shape index (κ2) is 8.90. The molecule has 0 aliphatic carbocycles. The van der Waals surface area contributed by atoms with Crippen LogP contribution in [0.5, 0.6) is 0 Å². The number of benzene rings is 1. The molecule has 1 N–H and O–H groups in total. The van der Waals surface area contributed by atoms with E-state index in [1.165, 1.54) is 11.1 Å². The van der Waals surface area contributed by atoms with E-state index in [-0.39, 0.29) is 12.4 Å². The maximum atomic E-state index is 4.35. The third kappa shape index (κ3) is 4.86. The van der Waals surface area contributed by atoms with E-state index in [1.807, 2.05) is 18.7 Å². The van der Waals surface area contributed by atoms with Gasteiger partial charge < -0.3 is 5.32 Å². The Balaban J connectivity index is 0.00000208. The third-order valence-electron chi connectivity index (χ3n) is 4.40. The van der Waals surface area contributed by atoms with Gasteiger partial charge in [-0.3, -0.25) is 9.58 Å². The van der Waals surface area contributed by atoms with Gasteiger partial charge in [-0.25, -0.2) is 0 Å². The van der Waals surface area contributed by atoms with Crippen LogP contribution >= 0.6 is 12.4 Å². The fraction of sp³-hybridized carbons (Fsp3) is 0.421. The van der Waals surface area contributed by atoms with E-state index in [0.29, 0.717) is 0 Å². The molecule has 0 amide bonds. The van der Waals surface area contributed by atoms with Gasteiger partial charge in [0, 0.05) is 39.3 Å². The van der Waals surface area contributed by atoms with Crippen LogP contribution in [-0.2, 0) is 7.05 Å². The lowest BCUT2D eigenvalue weighted by Gasteiger charge is -2.26. The minimum absolute atomic E-state index is 0. The normalized spacial score (nSPS) is 14.8. The van der Waals surface area contributed by atoms with Gasteiger partial charge in [0.05, 0.1) is 5.69 Å². The fourth-order valence-electron chi connectivity index (χ4n) is 3.12. The van der Waals surface area contributed by atoms with Crippen molar-refractivity contribution in [3.8, 4) is 0 Å². The zero-order valence-corrected chi connectivity index (χ0v) is 15.4. The molecule has 1 aromatic heterocycles. The average Bonchev–Trinajstić information content (AvgIpc) is 2.90. The van der Waals surface area contributed by atoms with Gasteiger partial charge >= 0.3 is 0 Å². The van der Waals surface area contributed by atoms with Gasteiger partial charge in [-0.15, -0.1) is 12.4 Å². The van der Waals surface area contributed by atoms with Crippen LogP contribution in [0.2, 0.25) is 0 Å². The van der Waals surface area contributed by atoms with Crippen LogP contribution < -0.4 is 5.32 Å². The highest BCUT2D eigenvalue weighted by atomic mass is 35.5. The van der Waals surface area contributed by atoms with E-state index >= 15 is 0 Å². The van der Waals surface area contributed by atoms with E-state index in [0.717, 1.165) is 50.5 Å². The van der Waals surface area contributed by atoms with E-state index in [1.54, 1.807) is 0 Å². The Labute approximate surface area is 151 Å². The van der Waals surface area contributed by atoms with Gasteiger partial charge in [0.25, 0.3) is 0 Å². The summed E-state index contributed by atoms with van der Waals surface area (Å²) in [5.41, 5.74) is 3.93. The Morgan fingerprint density at radius 3 is 2.62 bits per heavy atom. The lowest BCUT2D eigenvalue weighted by atomic mass is 9.99. The second-order valence-corrected chi connectivity index (χ2v) is 6.22. The van der Waals surface area contributed by atoms with Crippen LogP contribution in [0.4, 0.5) is 5.82 Å². The van der Waals surface area contributed by atoms with Crippen molar-refractivity contribution < 1.29 is 0 Å². The van der Waals surface area contributed by atoms with Crippen molar-refractivity contribution in [2.75, 3.05) is 31.5 Å². The van der Waals surface area contributed by atoms with Crippen LogP contribution in [0.15, 0.2) is 42.5 Å². The van der Waals surface area contributed by atoms with Crippen LogP contribution in [-0.4, -0.2) is 40.9 Å². The van der Waals surface area contributed by atoms with Crippen molar-refractivity contribution in [2.45, 2.75) is 19.8 Å². The summed E-state index contributed by atoms with van der Waals surface area (Å²) in [5, 5.41) is 7.82. The van der Waals surface area contributed by atoms with Gasteiger partial charge in [-0.05, 0) is 30.9 Å². The zero-order chi connectivity index (χ0) is 16.1. The molecule has 130 valence electrons. The number of hydrogen-bond acceptors (Lipinski definition) is 3. The predicted octanol–water partition coefficient (Wildman–Crippen LogP) is 3.74. The standard InChI is InChI=1S/C19H26N4.ClH/c1-16-15-19(22(2)21-16)20-11-6-12-23-13-9-18(10-14-23)17-7-4-3-5-8-17;/h3-5,7-9,15,20H,6,10-14H2,1-2H3;1H. The first-order valence-electron chi connectivity index (χ1n) is 8.44. The Kier molecular flexibility index (Phi) is 6.88. The molecule has 1 aromatic carbocycles. The van der Waals surface area contributed by atoms with Gasteiger partial charge in [0.15, 0.2) is 0 Å². The highest BCUT2D eigenvalue weighted by molar-refractivity contribution is 5.85. The summed E-state index contributed by atoms with van der Waals surface area (Å²) in [6.45, 7) is 6.38. The van der Waals surface area contributed by atoms with Crippen molar-refractivity contribution >= 4 is 23.8 Å². The number of nitrogens with one attached hydrogen (secondary N) is 1. The number of aryl methyl sites for hydroxylation is 2. The zero-order valence-electron chi connectivity index (χ0n) is 14.5. The van der Waals surface area contributed by atoms with Gasteiger partial charge in [-0.2, -0.15) is 5.10 Å². The molecule has 1 aliphatic rings. The summed E-state index contributed by atoms with van der Waals surface area (Å²) < 4.78 is 1.91. The molecule has 2 heterocycles. The second-order valence-electron chi connectivity index (χ2n) is 6.22. The molecule has 0 saturated heterocycles. The molecule has 1 aliphatic heterocycles. The molecular weight excluding hydrogens is 320 g/mol. The van der Waals surface area contributed by atoms with E-state index in [2.05, 4.69) is 57.8 Å². The number of nitrogens with zero attached hydrogens (tertiary/aromatic N) is 3. The van der Waals surface area contributed by atoms with E-state index in [9.17, 15) is 0 Å². The molecule has 0 atom stereocenters. The quantitative estimate of drug-likeness (QED) is 0.809. The Morgan fingerprint density at radius 1 is 1.21 bits per heavy atom. The molecule has 0 unspecified atom stereocenters. The van der Waals surface area contributed by atoms with Crippen LogP contribution in [0.1, 0.15) is 24.1 Å². The summed E-state index contributed by atoms with van der Waals surface area (Å²) in [7, 11) is 1.98. The monoisotopic (exact) mass is 346 g/mol. The number of hydrogen-bond donors (Lipinski definition) is 1. The SMILES string of the molecule is Cc1cc(NCCCN2CC=C(c3ccccc3)CC2)n(C)n1.Cl. The van der Waals surface area contributed by atoms with Crippen molar-refractivity contribution in [1.29, 1.82) is 0 Å². The first-order valence-corrected chi connectivity index (χ1v) is 8.44. The number of halogens is 1. The van der Waals surface area contributed by atoms with Gasteiger partial charge in [0.1, 0.15) is 5.82 Å². The molecule has 3 rings (SSSR count). The highest BCUT2D eigenvalue weighted by Crippen LogP contribution is 2.21. The molecule has 0 saturated carbocycles. The third-order valence-corrected chi connectivity index (χ3v) is 4.40. The summed E-state index contributed by atoms with van der Waals surface area (Å²) in [4.78, 5) is 2.53. The summed E-state index contributed by atoms with van der Waals surface area (Å²) in [6, 6.07) is 12.8. The largest absolute Gasteiger partial charge is 0.370 e. The van der Waals surface area contributed by atoms with Gasteiger partial charge in [0.2, 0.25) is 0 Å². The Bertz CT molecular complexity index is 663. The van der Waals surface area contributed by atoms with Crippen LogP contribution in [0.25, 0.3) is 5.57 Å². The first kappa shape index (κ1) is 18.6. The fourth-order valence-corrected chi connectivity index (χ4v) is 3.12. The number of rotatable bonds is 6. The predicted molar refractivity (Wildman–Crippen MR) is 104 cm³/mol. The maximum absolute atomic E-state index is 4.35. The summed E-state index contributed by atoms with van der Waals surface area (Å²) in [5.74, 6) is 1.10. The Hall–Kier alpha value is -1.78. The average molecular weight is 347 g/mol. The van der Waals surface area contributed by atoms with Crippen LogP contribution in [0.3, 0.4) is 0 Å². The van der Waals surface area contributed by atoms with Crippen molar-refractivity contribution in [1.82, 2.24) is 14.7 Å². The van der Waals surface area contributed by atoms with Crippen LogP contribution in [0, 0.1) is 6.92 Å². The summed E-state index contributed by atoms with van der Waals surface area (Å²) >= 11 is 0. The molecule has 4 nitrogen and oxygen atoms in total. The van der Waals surface area contributed by atoms with Crippen molar-refractivity contribution in [3.05, 3.63) is 53.7 Å². The molecule has 0 spiro atoms. The molecule has 5 heteroatoms. The molecule has 24 heavy (non-hydrogen) atoms. The molecule has 0 bridgehead atoms. The first-order chi connectivity index (χ1) is 11.2. The maximum Gasteiger partial charge on any atom is 0.124 e. The topological polar surface area (TPSA) is 33.1 Å². The smallest absolute Gasteiger partial charge is 0.124 e. The molecular formula is C19H27ClN4. The summed E-state index contributed by atoms with van der Waals surface area (Å²) in [6.07, 6.45) is 4.69. The molecule has 2 aromatic rings. The van der Waals surface area contributed by atoms with Crippen molar-refractivity contribution in [3.63, 3.8) is 0 Å². The molecule has 0 fully saturated rings. The minimum atomic E-state index is 0. The number of aromatic nitrogens is 2. The number of anilines is 1. The highest BCUT2D eigenvalue weighted by Gasteiger charge is 2.12. The van der Waals surface area contributed by atoms with Gasteiger partial charge in [-0.1, -0.05) is 36.4 Å². The van der Waals surface area contributed by atoms with Crippen molar-refractivity contribution in [2.24, 2.45) is 7.05 Å². The molecule has 0 radical (unpaired) electrons. The van der Waals surface area contributed by atoms with E-state index in [4.69, 9.17) is 0 Å². The lowest BCUT2D eigenvalue weighted by Crippen LogP contribution is -2.30. The Morgan fingerprint density at radius 2 is 2.00 bits per heavy atom. The van der Waals surface area contributed by atoms with E-state index < -0.39 is 0 Å².